The minimum atomic E-state index is 0.394. The molecule has 0 aliphatic carbocycles. The number of hydrogen-bond acceptors (Lipinski definition) is 1. The average Bonchev–Trinajstić information content (AvgIpc) is 2.25. The van der Waals surface area contributed by atoms with Gasteiger partial charge in [-0.1, -0.05) is 40.2 Å². The van der Waals surface area contributed by atoms with Crippen LogP contribution in [-0.2, 0) is 0 Å². The lowest BCUT2D eigenvalue weighted by Gasteiger charge is -2.15. The molecule has 0 heterocycles. The molecule has 0 radical (unpaired) electrons. The van der Waals surface area contributed by atoms with Crippen molar-refractivity contribution in [2.24, 2.45) is 0 Å². The van der Waals surface area contributed by atoms with Crippen LogP contribution < -0.4 is 5.32 Å². The van der Waals surface area contributed by atoms with Gasteiger partial charge in [-0.05, 0) is 37.9 Å². The van der Waals surface area contributed by atoms with Crippen molar-refractivity contribution in [3.8, 4) is 0 Å². The number of benzene rings is 1. The van der Waals surface area contributed by atoms with Gasteiger partial charge in [-0.25, -0.2) is 0 Å². The van der Waals surface area contributed by atoms with Crippen molar-refractivity contribution in [2.45, 2.75) is 25.8 Å². The quantitative estimate of drug-likeness (QED) is 0.606. The molecule has 0 aromatic heterocycles. The topological polar surface area (TPSA) is 12.0 Å². The predicted molar refractivity (Wildman–Crippen MR) is 70.0 cm³/mol. The summed E-state index contributed by atoms with van der Waals surface area (Å²) in [6, 6.07) is 8.73. The SMILES string of the molecule is C=CCCCN[C@@H](C)c1ccccc1Br. The largest absolute Gasteiger partial charge is 0.310 e. The molecule has 0 spiro atoms. The van der Waals surface area contributed by atoms with Gasteiger partial charge in [-0.2, -0.15) is 0 Å². The van der Waals surface area contributed by atoms with Gasteiger partial charge in [0.2, 0.25) is 0 Å². The highest BCUT2D eigenvalue weighted by atomic mass is 79.9. The van der Waals surface area contributed by atoms with Crippen molar-refractivity contribution in [3.05, 3.63) is 47.0 Å². The maximum absolute atomic E-state index is 3.71. The smallest absolute Gasteiger partial charge is 0.0302 e. The van der Waals surface area contributed by atoms with Gasteiger partial charge in [0.25, 0.3) is 0 Å². The van der Waals surface area contributed by atoms with E-state index in [1.54, 1.807) is 0 Å². The van der Waals surface area contributed by atoms with E-state index in [0.29, 0.717) is 6.04 Å². The van der Waals surface area contributed by atoms with Gasteiger partial charge in [0.05, 0.1) is 0 Å². The molecule has 1 nitrogen and oxygen atoms in total. The van der Waals surface area contributed by atoms with Gasteiger partial charge < -0.3 is 5.32 Å². The molecule has 1 rings (SSSR count). The summed E-state index contributed by atoms with van der Waals surface area (Å²) >= 11 is 3.56. The molecule has 0 aliphatic rings. The van der Waals surface area contributed by atoms with Crippen LogP contribution in [0.2, 0.25) is 0 Å². The Morgan fingerprint density at radius 3 is 2.87 bits per heavy atom. The Kier molecular flexibility index (Phi) is 5.66. The van der Waals surface area contributed by atoms with Crippen LogP contribution in [0, 0.1) is 0 Å². The molecule has 2 heteroatoms. The maximum Gasteiger partial charge on any atom is 0.0302 e. The lowest BCUT2D eigenvalue weighted by molar-refractivity contribution is 0.559. The molecular formula is C13H18BrN. The van der Waals surface area contributed by atoms with Crippen LogP contribution in [0.15, 0.2) is 41.4 Å². The third-order valence-corrected chi connectivity index (χ3v) is 3.13. The minimum absolute atomic E-state index is 0.394. The Bertz CT molecular complexity index is 309. The van der Waals surface area contributed by atoms with E-state index in [-0.39, 0.29) is 0 Å². The van der Waals surface area contributed by atoms with E-state index in [4.69, 9.17) is 0 Å². The highest BCUT2D eigenvalue weighted by molar-refractivity contribution is 9.10. The van der Waals surface area contributed by atoms with Crippen molar-refractivity contribution in [3.63, 3.8) is 0 Å². The number of allylic oxidation sites excluding steroid dienone is 1. The Balaban J connectivity index is 2.43. The summed E-state index contributed by atoms with van der Waals surface area (Å²) in [5.41, 5.74) is 1.32. The Labute approximate surface area is 101 Å². The average molecular weight is 268 g/mol. The summed E-state index contributed by atoms with van der Waals surface area (Å²) in [6.45, 7) is 6.94. The Morgan fingerprint density at radius 2 is 2.20 bits per heavy atom. The summed E-state index contributed by atoms with van der Waals surface area (Å²) in [7, 11) is 0. The number of halogens is 1. The van der Waals surface area contributed by atoms with Crippen LogP contribution in [0.25, 0.3) is 0 Å². The van der Waals surface area contributed by atoms with Gasteiger partial charge >= 0.3 is 0 Å². The van der Waals surface area contributed by atoms with E-state index in [2.05, 4.69) is 52.9 Å². The van der Waals surface area contributed by atoms with Crippen LogP contribution in [0.4, 0.5) is 0 Å². The van der Waals surface area contributed by atoms with E-state index < -0.39 is 0 Å². The van der Waals surface area contributed by atoms with Gasteiger partial charge in [0, 0.05) is 10.5 Å². The lowest BCUT2D eigenvalue weighted by Crippen LogP contribution is -2.19. The van der Waals surface area contributed by atoms with E-state index in [0.717, 1.165) is 19.4 Å². The highest BCUT2D eigenvalue weighted by Crippen LogP contribution is 2.22. The molecular weight excluding hydrogens is 250 g/mol. The first-order valence-corrected chi connectivity index (χ1v) is 6.13. The fraction of sp³-hybridized carbons (Fsp3) is 0.385. The monoisotopic (exact) mass is 267 g/mol. The molecule has 0 amide bonds. The second-order valence-corrected chi connectivity index (χ2v) is 4.48. The van der Waals surface area contributed by atoms with Gasteiger partial charge in [-0.3, -0.25) is 0 Å². The second kappa shape index (κ2) is 6.81. The Morgan fingerprint density at radius 1 is 1.47 bits per heavy atom. The van der Waals surface area contributed by atoms with Gasteiger partial charge in [0.1, 0.15) is 0 Å². The molecule has 0 saturated heterocycles. The van der Waals surface area contributed by atoms with Crippen LogP contribution >= 0.6 is 15.9 Å². The second-order valence-electron chi connectivity index (χ2n) is 3.63. The van der Waals surface area contributed by atoms with Crippen LogP contribution in [0.5, 0.6) is 0 Å². The predicted octanol–water partition coefficient (Wildman–Crippen LogP) is 4.07. The summed E-state index contributed by atoms with van der Waals surface area (Å²) in [4.78, 5) is 0. The van der Waals surface area contributed by atoms with E-state index >= 15 is 0 Å². The highest BCUT2D eigenvalue weighted by Gasteiger charge is 2.06. The zero-order valence-electron chi connectivity index (χ0n) is 9.17. The number of unbranched alkanes of at least 4 members (excludes halogenated alkanes) is 1. The molecule has 1 aromatic rings. The fourth-order valence-electron chi connectivity index (χ4n) is 1.50. The third-order valence-electron chi connectivity index (χ3n) is 2.41. The lowest BCUT2D eigenvalue weighted by atomic mass is 10.1. The standard InChI is InChI=1S/C13H18BrN/c1-3-4-7-10-15-11(2)12-8-5-6-9-13(12)14/h3,5-6,8-9,11,15H,1,4,7,10H2,2H3/t11-/m0/s1. The summed E-state index contributed by atoms with van der Waals surface area (Å²) in [5.74, 6) is 0. The first-order chi connectivity index (χ1) is 7.25. The molecule has 1 aromatic carbocycles. The zero-order valence-corrected chi connectivity index (χ0v) is 10.8. The van der Waals surface area contributed by atoms with Crippen molar-refractivity contribution in [1.82, 2.24) is 5.32 Å². The summed E-state index contributed by atoms with van der Waals surface area (Å²) < 4.78 is 1.17. The van der Waals surface area contributed by atoms with E-state index in [9.17, 15) is 0 Å². The molecule has 0 unspecified atom stereocenters. The molecule has 0 fully saturated rings. The first kappa shape index (κ1) is 12.5. The van der Waals surface area contributed by atoms with Crippen molar-refractivity contribution < 1.29 is 0 Å². The van der Waals surface area contributed by atoms with Crippen molar-refractivity contribution in [1.29, 1.82) is 0 Å². The van der Waals surface area contributed by atoms with Crippen LogP contribution in [-0.4, -0.2) is 6.54 Å². The zero-order chi connectivity index (χ0) is 11.1. The Hall–Kier alpha value is -0.600. The minimum Gasteiger partial charge on any atom is -0.310 e. The molecule has 0 bridgehead atoms. The van der Waals surface area contributed by atoms with Gasteiger partial charge in [0.15, 0.2) is 0 Å². The van der Waals surface area contributed by atoms with Gasteiger partial charge in [-0.15, -0.1) is 6.58 Å². The molecule has 0 aliphatic heterocycles. The summed E-state index contributed by atoms with van der Waals surface area (Å²) in [5, 5.41) is 3.50. The normalized spacial score (nSPS) is 12.4. The summed E-state index contributed by atoms with van der Waals surface area (Å²) in [6.07, 6.45) is 4.19. The van der Waals surface area contributed by atoms with Crippen molar-refractivity contribution >= 4 is 15.9 Å². The number of nitrogens with one attached hydrogen (secondary N) is 1. The molecule has 0 saturated carbocycles. The van der Waals surface area contributed by atoms with E-state index in [1.807, 2.05) is 12.1 Å². The first-order valence-electron chi connectivity index (χ1n) is 5.34. The van der Waals surface area contributed by atoms with E-state index in [1.165, 1.54) is 10.0 Å². The fourth-order valence-corrected chi connectivity index (χ4v) is 2.13. The molecule has 1 N–H and O–H groups in total. The molecule has 82 valence electrons. The number of rotatable bonds is 6. The molecule has 1 atom stereocenters. The third kappa shape index (κ3) is 4.18. The van der Waals surface area contributed by atoms with Crippen LogP contribution in [0.3, 0.4) is 0 Å². The van der Waals surface area contributed by atoms with Crippen LogP contribution in [0.1, 0.15) is 31.4 Å². The number of hydrogen-bond donors (Lipinski definition) is 1. The maximum atomic E-state index is 3.71. The molecule has 15 heavy (non-hydrogen) atoms. The van der Waals surface area contributed by atoms with Crippen molar-refractivity contribution in [2.75, 3.05) is 6.54 Å².